The average Bonchev–Trinajstić information content (AvgIpc) is 2.74. The molecule has 1 amide bonds. The molecule has 114 valence electrons. The SMILES string of the molecule is CC(C)(C)OC(=O)NCCSc1nc2cc(Cl)ccc2[nH]1. The lowest BCUT2D eigenvalue weighted by molar-refractivity contribution is 0.0531. The van der Waals surface area contributed by atoms with Gasteiger partial charge in [0.1, 0.15) is 5.60 Å². The molecule has 0 saturated heterocycles. The minimum Gasteiger partial charge on any atom is -0.444 e. The predicted octanol–water partition coefficient (Wildman–Crippen LogP) is 3.83. The number of imidazole rings is 1. The van der Waals surface area contributed by atoms with Crippen molar-refractivity contribution in [1.82, 2.24) is 15.3 Å². The van der Waals surface area contributed by atoms with Crippen molar-refractivity contribution in [2.45, 2.75) is 31.5 Å². The van der Waals surface area contributed by atoms with Crippen LogP contribution in [-0.2, 0) is 4.74 Å². The van der Waals surface area contributed by atoms with Crippen molar-refractivity contribution in [2.75, 3.05) is 12.3 Å². The Hall–Kier alpha value is -1.40. The Morgan fingerprint density at radius 1 is 1.48 bits per heavy atom. The highest BCUT2D eigenvalue weighted by Gasteiger charge is 2.15. The number of nitrogens with one attached hydrogen (secondary N) is 2. The first-order valence-corrected chi connectivity index (χ1v) is 7.95. The number of amides is 1. The molecule has 1 aromatic heterocycles. The number of H-pyrrole nitrogens is 1. The van der Waals surface area contributed by atoms with Crippen LogP contribution in [0.3, 0.4) is 0 Å². The molecule has 7 heteroatoms. The summed E-state index contributed by atoms with van der Waals surface area (Å²) < 4.78 is 5.15. The van der Waals surface area contributed by atoms with E-state index < -0.39 is 11.7 Å². The Morgan fingerprint density at radius 3 is 2.95 bits per heavy atom. The molecule has 21 heavy (non-hydrogen) atoms. The highest BCUT2D eigenvalue weighted by molar-refractivity contribution is 7.99. The molecule has 0 spiro atoms. The van der Waals surface area contributed by atoms with Crippen molar-refractivity contribution in [3.8, 4) is 0 Å². The number of alkyl carbamates (subject to hydrolysis) is 1. The minimum atomic E-state index is -0.477. The van der Waals surface area contributed by atoms with Crippen LogP contribution >= 0.6 is 23.4 Å². The van der Waals surface area contributed by atoms with E-state index in [0.29, 0.717) is 17.3 Å². The Labute approximate surface area is 132 Å². The Morgan fingerprint density at radius 2 is 2.24 bits per heavy atom. The molecular formula is C14H18ClN3O2S. The molecule has 0 unspecified atom stereocenters. The molecular weight excluding hydrogens is 310 g/mol. The van der Waals surface area contributed by atoms with Gasteiger partial charge in [0, 0.05) is 17.3 Å². The van der Waals surface area contributed by atoms with E-state index in [2.05, 4.69) is 15.3 Å². The van der Waals surface area contributed by atoms with Crippen molar-refractivity contribution >= 4 is 40.5 Å². The number of hydrogen-bond acceptors (Lipinski definition) is 4. The van der Waals surface area contributed by atoms with Crippen LogP contribution < -0.4 is 5.32 Å². The summed E-state index contributed by atoms with van der Waals surface area (Å²) in [5.74, 6) is 0.701. The number of hydrogen-bond donors (Lipinski definition) is 2. The molecule has 0 aliphatic heterocycles. The molecule has 2 N–H and O–H groups in total. The smallest absolute Gasteiger partial charge is 0.407 e. The van der Waals surface area contributed by atoms with E-state index in [4.69, 9.17) is 16.3 Å². The molecule has 0 bridgehead atoms. The van der Waals surface area contributed by atoms with Gasteiger partial charge in [-0.25, -0.2) is 9.78 Å². The second kappa shape index (κ2) is 6.58. The fourth-order valence-corrected chi connectivity index (χ4v) is 2.55. The van der Waals surface area contributed by atoms with Crippen LogP contribution in [0.1, 0.15) is 20.8 Å². The van der Waals surface area contributed by atoms with Gasteiger partial charge >= 0.3 is 6.09 Å². The highest BCUT2D eigenvalue weighted by Crippen LogP contribution is 2.21. The number of aromatic amines is 1. The summed E-state index contributed by atoms with van der Waals surface area (Å²) in [7, 11) is 0. The maximum absolute atomic E-state index is 11.5. The Balaban J connectivity index is 1.79. The third-order valence-electron chi connectivity index (χ3n) is 2.43. The number of rotatable bonds is 4. The summed E-state index contributed by atoms with van der Waals surface area (Å²) >= 11 is 7.45. The molecule has 0 saturated carbocycles. The van der Waals surface area contributed by atoms with Crippen molar-refractivity contribution in [3.63, 3.8) is 0 Å². The third kappa shape index (κ3) is 5.13. The first kappa shape index (κ1) is 16.0. The summed E-state index contributed by atoms with van der Waals surface area (Å²) in [6.07, 6.45) is -0.403. The normalized spacial score (nSPS) is 11.6. The third-order valence-corrected chi connectivity index (χ3v) is 3.54. The van der Waals surface area contributed by atoms with Crippen molar-refractivity contribution in [2.24, 2.45) is 0 Å². The largest absolute Gasteiger partial charge is 0.444 e. The number of carbonyl (C=O) groups is 1. The maximum atomic E-state index is 11.5. The molecule has 1 heterocycles. The highest BCUT2D eigenvalue weighted by atomic mass is 35.5. The number of carbonyl (C=O) groups excluding carboxylic acids is 1. The molecule has 2 rings (SSSR count). The van der Waals surface area contributed by atoms with Gasteiger partial charge in [0.25, 0.3) is 0 Å². The molecule has 0 radical (unpaired) electrons. The fraction of sp³-hybridized carbons (Fsp3) is 0.429. The van der Waals surface area contributed by atoms with Gasteiger partial charge in [-0.05, 0) is 39.0 Å². The lowest BCUT2D eigenvalue weighted by atomic mass is 10.2. The van der Waals surface area contributed by atoms with E-state index in [9.17, 15) is 4.79 Å². The first-order valence-electron chi connectivity index (χ1n) is 6.58. The number of nitrogens with zero attached hydrogens (tertiary/aromatic N) is 1. The van der Waals surface area contributed by atoms with Gasteiger partial charge in [-0.15, -0.1) is 0 Å². The molecule has 0 atom stereocenters. The minimum absolute atomic E-state index is 0.403. The van der Waals surface area contributed by atoms with Gasteiger partial charge in [-0.2, -0.15) is 0 Å². The van der Waals surface area contributed by atoms with E-state index in [1.807, 2.05) is 39.0 Å². The van der Waals surface area contributed by atoms with Crippen molar-refractivity contribution in [1.29, 1.82) is 0 Å². The van der Waals surface area contributed by atoms with Gasteiger partial charge in [-0.1, -0.05) is 23.4 Å². The van der Waals surface area contributed by atoms with Crippen LogP contribution in [-0.4, -0.2) is 34.0 Å². The second-order valence-corrected chi connectivity index (χ2v) is 7.00. The van der Waals surface area contributed by atoms with Crippen molar-refractivity contribution < 1.29 is 9.53 Å². The van der Waals surface area contributed by atoms with Crippen LogP contribution in [0.15, 0.2) is 23.4 Å². The molecule has 0 aliphatic carbocycles. The van der Waals surface area contributed by atoms with E-state index in [1.54, 1.807) is 0 Å². The summed E-state index contributed by atoms with van der Waals surface area (Å²) in [5, 5.41) is 4.18. The lowest BCUT2D eigenvalue weighted by Gasteiger charge is -2.19. The number of thioether (sulfide) groups is 1. The molecule has 5 nitrogen and oxygen atoms in total. The number of benzene rings is 1. The predicted molar refractivity (Wildman–Crippen MR) is 86.1 cm³/mol. The van der Waals surface area contributed by atoms with Gasteiger partial charge in [0.05, 0.1) is 11.0 Å². The fourth-order valence-electron chi connectivity index (χ4n) is 1.64. The number of fused-ring (bicyclic) bond motifs is 1. The van der Waals surface area contributed by atoms with Gasteiger partial charge in [0.15, 0.2) is 5.16 Å². The summed E-state index contributed by atoms with van der Waals surface area (Å²) in [4.78, 5) is 19.1. The van der Waals surface area contributed by atoms with Crippen LogP contribution in [0.5, 0.6) is 0 Å². The first-order chi connectivity index (χ1) is 9.83. The summed E-state index contributed by atoms with van der Waals surface area (Å²) in [6, 6.07) is 5.53. The summed E-state index contributed by atoms with van der Waals surface area (Å²) in [6.45, 7) is 6.01. The molecule has 0 aliphatic rings. The number of aromatic nitrogens is 2. The quantitative estimate of drug-likeness (QED) is 0.661. The molecule has 0 fully saturated rings. The van der Waals surface area contributed by atoms with Crippen LogP contribution in [0.2, 0.25) is 5.02 Å². The zero-order valence-corrected chi connectivity index (χ0v) is 13.8. The van der Waals surface area contributed by atoms with E-state index in [0.717, 1.165) is 16.2 Å². The average molecular weight is 328 g/mol. The maximum Gasteiger partial charge on any atom is 0.407 e. The molecule has 1 aromatic carbocycles. The number of halogens is 1. The van der Waals surface area contributed by atoms with E-state index in [-0.39, 0.29) is 0 Å². The lowest BCUT2D eigenvalue weighted by Crippen LogP contribution is -2.33. The standard InChI is InChI=1S/C14H18ClN3O2S/c1-14(2,3)20-13(19)16-6-7-21-12-17-10-5-4-9(15)8-11(10)18-12/h4-5,8H,6-7H2,1-3H3,(H,16,19)(H,17,18). The topological polar surface area (TPSA) is 67.0 Å². The second-order valence-electron chi connectivity index (χ2n) is 5.48. The van der Waals surface area contributed by atoms with Gasteiger partial charge < -0.3 is 15.0 Å². The zero-order valence-electron chi connectivity index (χ0n) is 12.2. The van der Waals surface area contributed by atoms with E-state index >= 15 is 0 Å². The summed E-state index contributed by atoms with van der Waals surface area (Å²) in [5.41, 5.74) is 1.31. The Bertz CT molecular complexity index is 637. The zero-order chi connectivity index (χ0) is 15.5. The van der Waals surface area contributed by atoms with Crippen LogP contribution in [0.4, 0.5) is 4.79 Å². The monoisotopic (exact) mass is 327 g/mol. The molecule has 2 aromatic rings. The van der Waals surface area contributed by atoms with Crippen LogP contribution in [0.25, 0.3) is 11.0 Å². The van der Waals surface area contributed by atoms with Crippen molar-refractivity contribution in [3.05, 3.63) is 23.2 Å². The Kier molecular flexibility index (Phi) is 5.00. The van der Waals surface area contributed by atoms with Gasteiger partial charge in [0.2, 0.25) is 0 Å². The van der Waals surface area contributed by atoms with Gasteiger partial charge in [-0.3, -0.25) is 0 Å². The number of ether oxygens (including phenoxy) is 1. The van der Waals surface area contributed by atoms with Crippen LogP contribution in [0, 0.1) is 0 Å². The van der Waals surface area contributed by atoms with E-state index in [1.165, 1.54) is 11.8 Å².